The first kappa shape index (κ1) is 14.2. The van der Waals surface area contributed by atoms with Crippen LogP contribution in [0.25, 0.3) is 0 Å². The van der Waals surface area contributed by atoms with Gasteiger partial charge in [-0.05, 0) is 48.9 Å². The topological polar surface area (TPSA) is 21.3 Å². The maximum absolute atomic E-state index is 5.78. The predicted molar refractivity (Wildman–Crippen MR) is 91.5 cm³/mol. The zero-order chi connectivity index (χ0) is 15.2. The Balaban J connectivity index is 1.60. The Labute approximate surface area is 131 Å². The maximum atomic E-state index is 5.78. The van der Waals surface area contributed by atoms with E-state index >= 15 is 0 Å². The number of hydrogen-bond donors (Lipinski definition) is 1. The minimum atomic E-state index is 0.820. The van der Waals surface area contributed by atoms with Crippen molar-refractivity contribution in [3.8, 4) is 11.5 Å². The van der Waals surface area contributed by atoms with Gasteiger partial charge in [-0.2, -0.15) is 0 Å². The summed E-state index contributed by atoms with van der Waals surface area (Å²) in [7, 11) is 0. The molecule has 3 aromatic carbocycles. The number of ether oxygens (including phenoxy) is 1. The Hall–Kier alpha value is -2.74. The normalized spacial score (nSPS) is 10.2. The van der Waals surface area contributed by atoms with Crippen LogP contribution in [0.15, 0.2) is 78.9 Å². The summed E-state index contributed by atoms with van der Waals surface area (Å²) in [6.45, 7) is 2.93. The van der Waals surface area contributed by atoms with Crippen LogP contribution in [0, 0.1) is 6.92 Å². The lowest BCUT2D eigenvalue weighted by Crippen LogP contribution is -1.99. The molecule has 0 spiro atoms. The lowest BCUT2D eigenvalue weighted by molar-refractivity contribution is 0.483. The molecule has 0 fully saturated rings. The fourth-order valence-corrected chi connectivity index (χ4v) is 2.29. The third-order valence-electron chi connectivity index (χ3n) is 3.41. The van der Waals surface area contributed by atoms with E-state index in [0.717, 1.165) is 23.7 Å². The van der Waals surface area contributed by atoms with Gasteiger partial charge in [0.25, 0.3) is 0 Å². The first-order valence-corrected chi connectivity index (χ1v) is 7.42. The van der Waals surface area contributed by atoms with Crippen molar-refractivity contribution in [2.24, 2.45) is 0 Å². The minimum absolute atomic E-state index is 0.820. The van der Waals surface area contributed by atoms with Gasteiger partial charge in [0, 0.05) is 12.2 Å². The van der Waals surface area contributed by atoms with Crippen molar-refractivity contribution in [2.45, 2.75) is 13.5 Å². The van der Waals surface area contributed by atoms with Gasteiger partial charge in [0.15, 0.2) is 0 Å². The Kier molecular flexibility index (Phi) is 4.40. The molecule has 0 aliphatic heterocycles. The van der Waals surface area contributed by atoms with Crippen molar-refractivity contribution < 1.29 is 4.74 Å². The number of hydrogen-bond acceptors (Lipinski definition) is 2. The van der Waals surface area contributed by atoms with Crippen molar-refractivity contribution >= 4 is 5.69 Å². The van der Waals surface area contributed by atoms with Gasteiger partial charge in [0.05, 0.1) is 0 Å². The summed E-state index contributed by atoms with van der Waals surface area (Å²) in [6.07, 6.45) is 0. The second kappa shape index (κ2) is 6.81. The summed E-state index contributed by atoms with van der Waals surface area (Å²) >= 11 is 0. The van der Waals surface area contributed by atoms with Gasteiger partial charge in [-0.15, -0.1) is 0 Å². The average Bonchev–Trinajstić information content (AvgIpc) is 2.55. The number of nitrogens with one attached hydrogen (secondary N) is 1. The summed E-state index contributed by atoms with van der Waals surface area (Å²) in [4.78, 5) is 0. The van der Waals surface area contributed by atoms with Crippen LogP contribution in [0.5, 0.6) is 11.5 Å². The first-order chi connectivity index (χ1) is 10.8. The molecular weight excluding hydrogens is 270 g/mol. The Morgan fingerprint density at radius 3 is 2.23 bits per heavy atom. The van der Waals surface area contributed by atoms with Gasteiger partial charge in [-0.25, -0.2) is 0 Å². The van der Waals surface area contributed by atoms with Gasteiger partial charge >= 0.3 is 0 Å². The van der Waals surface area contributed by atoms with E-state index in [0.29, 0.717) is 0 Å². The van der Waals surface area contributed by atoms with E-state index in [2.05, 4.69) is 36.5 Å². The third-order valence-corrected chi connectivity index (χ3v) is 3.41. The highest BCUT2D eigenvalue weighted by molar-refractivity contribution is 5.47. The standard InChI is InChI=1S/C20H19NO/c1-16-6-5-7-17(14-16)15-21-18-10-12-20(13-11-18)22-19-8-3-2-4-9-19/h2-14,21H,15H2,1H3. The summed E-state index contributed by atoms with van der Waals surface area (Å²) in [5, 5.41) is 3.42. The number of aryl methyl sites for hydroxylation is 1. The highest BCUT2D eigenvalue weighted by Crippen LogP contribution is 2.22. The van der Waals surface area contributed by atoms with E-state index in [-0.39, 0.29) is 0 Å². The fourth-order valence-electron chi connectivity index (χ4n) is 2.29. The van der Waals surface area contributed by atoms with Crippen molar-refractivity contribution in [1.29, 1.82) is 0 Å². The second-order valence-electron chi connectivity index (χ2n) is 5.28. The molecule has 0 aliphatic carbocycles. The quantitative estimate of drug-likeness (QED) is 0.679. The van der Waals surface area contributed by atoms with Crippen LogP contribution in [0.4, 0.5) is 5.69 Å². The fraction of sp³-hybridized carbons (Fsp3) is 0.100. The van der Waals surface area contributed by atoms with Gasteiger partial charge in [0.1, 0.15) is 11.5 Å². The average molecular weight is 289 g/mol. The molecule has 3 rings (SSSR count). The van der Waals surface area contributed by atoms with Crippen LogP contribution < -0.4 is 10.1 Å². The van der Waals surface area contributed by atoms with E-state index in [1.807, 2.05) is 54.6 Å². The second-order valence-corrected chi connectivity index (χ2v) is 5.28. The molecule has 0 saturated heterocycles. The van der Waals surface area contributed by atoms with Gasteiger partial charge in [0.2, 0.25) is 0 Å². The molecule has 0 heterocycles. The Bertz CT molecular complexity index is 720. The smallest absolute Gasteiger partial charge is 0.127 e. The van der Waals surface area contributed by atoms with Gasteiger partial charge in [-0.3, -0.25) is 0 Å². The molecular formula is C20H19NO. The number of para-hydroxylation sites is 1. The molecule has 1 N–H and O–H groups in total. The van der Waals surface area contributed by atoms with Crippen molar-refractivity contribution in [1.82, 2.24) is 0 Å². The van der Waals surface area contributed by atoms with Crippen LogP contribution in [-0.4, -0.2) is 0 Å². The van der Waals surface area contributed by atoms with E-state index < -0.39 is 0 Å². The van der Waals surface area contributed by atoms with Gasteiger partial charge in [-0.1, -0.05) is 48.0 Å². The van der Waals surface area contributed by atoms with Crippen molar-refractivity contribution in [2.75, 3.05) is 5.32 Å². The SMILES string of the molecule is Cc1cccc(CNc2ccc(Oc3ccccc3)cc2)c1. The molecule has 0 aromatic heterocycles. The van der Waals surface area contributed by atoms with Crippen molar-refractivity contribution in [3.05, 3.63) is 90.0 Å². The summed E-state index contributed by atoms with van der Waals surface area (Å²) in [6, 6.07) is 26.4. The highest BCUT2D eigenvalue weighted by Gasteiger charge is 1.98. The molecule has 0 radical (unpaired) electrons. The molecule has 0 amide bonds. The van der Waals surface area contributed by atoms with E-state index in [1.165, 1.54) is 11.1 Å². The third kappa shape index (κ3) is 3.89. The Morgan fingerprint density at radius 1 is 0.773 bits per heavy atom. The van der Waals surface area contributed by atoms with Crippen LogP contribution in [0.3, 0.4) is 0 Å². The Morgan fingerprint density at radius 2 is 1.50 bits per heavy atom. The number of anilines is 1. The number of rotatable bonds is 5. The zero-order valence-electron chi connectivity index (χ0n) is 12.6. The molecule has 0 aliphatic rings. The van der Waals surface area contributed by atoms with Crippen LogP contribution in [0.1, 0.15) is 11.1 Å². The minimum Gasteiger partial charge on any atom is -0.457 e. The van der Waals surface area contributed by atoms with E-state index in [4.69, 9.17) is 4.74 Å². The molecule has 0 bridgehead atoms. The first-order valence-electron chi connectivity index (χ1n) is 7.42. The largest absolute Gasteiger partial charge is 0.457 e. The monoisotopic (exact) mass is 289 g/mol. The molecule has 0 atom stereocenters. The maximum Gasteiger partial charge on any atom is 0.127 e. The molecule has 0 saturated carbocycles. The number of benzene rings is 3. The molecule has 0 unspecified atom stereocenters. The summed E-state index contributed by atoms with van der Waals surface area (Å²) in [5.41, 5.74) is 3.65. The van der Waals surface area contributed by atoms with Crippen LogP contribution in [-0.2, 0) is 6.54 Å². The van der Waals surface area contributed by atoms with Crippen LogP contribution >= 0.6 is 0 Å². The van der Waals surface area contributed by atoms with E-state index in [1.54, 1.807) is 0 Å². The highest BCUT2D eigenvalue weighted by atomic mass is 16.5. The summed E-state index contributed by atoms with van der Waals surface area (Å²) < 4.78 is 5.78. The van der Waals surface area contributed by atoms with Crippen LogP contribution in [0.2, 0.25) is 0 Å². The predicted octanol–water partition coefficient (Wildman–Crippen LogP) is 5.40. The molecule has 3 aromatic rings. The lowest BCUT2D eigenvalue weighted by Gasteiger charge is -2.09. The molecule has 2 heteroatoms. The summed E-state index contributed by atoms with van der Waals surface area (Å²) in [5.74, 6) is 1.69. The molecule has 110 valence electrons. The van der Waals surface area contributed by atoms with E-state index in [9.17, 15) is 0 Å². The van der Waals surface area contributed by atoms with Gasteiger partial charge < -0.3 is 10.1 Å². The molecule has 2 nitrogen and oxygen atoms in total. The molecule has 22 heavy (non-hydrogen) atoms. The lowest BCUT2D eigenvalue weighted by atomic mass is 10.1. The zero-order valence-corrected chi connectivity index (χ0v) is 12.6. The van der Waals surface area contributed by atoms with Crippen molar-refractivity contribution in [3.63, 3.8) is 0 Å².